The van der Waals surface area contributed by atoms with Gasteiger partial charge in [-0.15, -0.1) is 0 Å². The van der Waals surface area contributed by atoms with Crippen molar-refractivity contribution in [3.8, 4) is 11.5 Å². The monoisotopic (exact) mass is 393 g/mol. The number of hydrogen-bond donors (Lipinski definition) is 1. The van der Waals surface area contributed by atoms with Crippen molar-refractivity contribution < 1.29 is 18.7 Å². The van der Waals surface area contributed by atoms with Gasteiger partial charge in [-0.3, -0.25) is 4.79 Å². The number of amides is 1. The Kier molecular flexibility index (Phi) is 4.49. The van der Waals surface area contributed by atoms with Crippen LogP contribution in [0.3, 0.4) is 0 Å². The van der Waals surface area contributed by atoms with Crippen LogP contribution in [0.1, 0.15) is 29.8 Å². The SMILES string of the molecule is CC(C)(CNC(=O)c1cc(F)cc(Br)c1)c1ccc2c(c1)OCO2. The molecule has 0 radical (unpaired) electrons. The maximum absolute atomic E-state index is 13.4. The fourth-order valence-corrected chi connectivity index (χ4v) is 2.97. The Labute approximate surface area is 148 Å². The summed E-state index contributed by atoms with van der Waals surface area (Å²) < 4.78 is 24.7. The molecule has 1 amide bonds. The molecule has 0 fully saturated rings. The zero-order chi connectivity index (χ0) is 17.3. The average molecular weight is 394 g/mol. The van der Waals surface area contributed by atoms with Crippen molar-refractivity contribution in [3.05, 3.63) is 57.8 Å². The summed E-state index contributed by atoms with van der Waals surface area (Å²) in [6, 6.07) is 9.86. The second-order valence-corrected chi connectivity index (χ2v) is 7.21. The van der Waals surface area contributed by atoms with E-state index in [1.54, 1.807) is 6.07 Å². The zero-order valence-corrected chi connectivity index (χ0v) is 14.9. The van der Waals surface area contributed by atoms with Gasteiger partial charge in [0.2, 0.25) is 6.79 Å². The van der Waals surface area contributed by atoms with Gasteiger partial charge in [-0.2, -0.15) is 0 Å². The smallest absolute Gasteiger partial charge is 0.251 e. The predicted molar refractivity (Wildman–Crippen MR) is 92.0 cm³/mol. The van der Waals surface area contributed by atoms with E-state index in [4.69, 9.17) is 9.47 Å². The number of ether oxygens (including phenoxy) is 2. The van der Waals surface area contributed by atoms with Crippen LogP contribution < -0.4 is 14.8 Å². The van der Waals surface area contributed by atoms with Crippen LogP contribution in [0.2, 0.25) is 0 Å². The Morgan fingerprint density at radius 2 is 1.96 bits per heavy atom. The van der Waals surface area contributed by atoms with E-state index < -0.39 is 5.82 Å². The number of rotatable bonds is 4. The molecule has 3 rings (SSSR count). The number of halogens is 2. The van der Waals surface area contributed by atoms with Crippen molar-refractivity contribution in [2.45, 2.75) is 19.3 Å². The molecule has 0 bridgehead atoms. The molecule has 1 aliphatic heterocycles. The van der Waals surface area contributed by atoms with Crippen LogP contribution >= 0.6 is 15.9 Å². The highest BCUT2D eigenvalue weighted by molar-refractivity contribution is 9.10. The first-order valence-corrected chi connectivity index (χ1v) is 8.29. The Balaban J connectivity index is 1.71. The Morgan fingerprint density at radius 3 is 2.71 bits per heavy atom. The lowest BCUT2D eigenvalue weighted by atomic mass is 9.84. The van der Waals surface area contributed by atoms with Crippen molar-refractivity contribution in [1.82, 2.24) is 5.32 Å². The molecule has 6 heteroatoms. The van der Waals surface area contributed by atoms with E-state index in [0.29, 0.717) is 16.8 Å². The van der Waals surface area contributed by atoms with Crippen molar-refractivity contribution in [2.75, 3.05) is 13.3 Å². The Bertz CT molecular complexity index is 772. The fourth-order valence-electron chi connectivity index (χ4n) is 2.51. The van der Waals surface area contributed by atoms with Gasteiger partial charge in [0.1, 0.15) is 5.82 Å². The number of fused-ring (bicyclic) bond motifs is 1. The summed E-state index contributed by atoms with van der Waals surface area (Å²) in [4.78, 5) is 12.3. The second-order valence-electron chi connectivity index (χ2n) is 6.29. The number of benzene rings is 2. The van der Waals surface area contributed by atoms with E-state index in [2.05, 4.69) is 21.2 Å². The molecule has 0 atom stereocenters. The molecular formula is C18H17BrFNO3. The molecule has 0 aliphatic carbocycles. The van der Waals surface area contributed by atoms with E-state index >= 15 is 0 Å². The van der Waals surface area contributed by atoms with Crippen LogP contribution in [0.4, 0.5) is 4.39 Å². The van der Waals surface area contributed by atoms with Gasteiger partial charge < -0.3 is 14.8 Å². The molecule has 2 aromatic carbocycles. The van der Waals surface area contributed by atoms with Gasteiger partial charge in [-0.05, 0) is 35.9 Å². The largest absolute Gasteiger partial charge is 0.454 e. The molecule has 1 N–H and O–H groups in total. The van der Waals surface area contributed by atoms with Crippen molar-refractivity contribution in [3.63, 3.8) is 0 Å². The van der Waals surface area contributed by atoms with Crippen molar-refractivity contribution in [1.29, 1.82) is 0 Å². The van der Waals surface area contributed by atoms with Gasteiger partial charge in [0.05, 0.1) is 0 Å². The molecule has 4 nitrogen and oxygen atoms in total. The predicted octanol–water partition coefficient (Wildman–Crippen LogP) is 4.02. The maximum atomic E-state index is 13.4. The van der Waals surface area contributed by atoms with Gasteiger partial charge >= 0.3 is 0 Å². The highest BCUT2D eigenvalue weighted by Gasteiger charge is 2.25. The quantitative estimate of drug-likeness (QED) is 0.852. The Morgan fingerprint density at radius 1 is 1.21 bits per heavy atom. The molecule has 0 unspecified atom stereocenters. The third-order valence-electron chi connectivity index (χ3n) is 3.97. The normalized spacial score (nSPS) is 13.0. The van der Waals surface area contributed by atoms with E-state index in [1.165, 1.54) is 12.1 Å². The van der Waals surface area contributed by atoms with E-state index in [1.807, 2.05) is 32.0 Å². The summed E-state index contributed by atoms with van der Waals surface area (Å²) in [6.45, 7) is 4.67. The van der Waals surface area contributed by atoms with Gasteiger partial charge in [0.25, 0.3) is 5.91 Å². The van der Waals surface area contributed by atoms with Gasteiger partial charge in [-0.1, -0.05) is 35.8 Å². The standard InChI is InChI=1S/C18H17BrFNO3/c1-18(2,12-3-4-15-16(7-12)24-10-23-15)9-21-17(22)11-5-13(19)8-14(20)6-11/h3-8H,9-10H2,1-2H3,(H,21,22). The molecule has 126 valence electrons. The first-order valence-electron chi connectivity index (χ1n) is 7.49. The van der Waals surface area contributed by atoms with Crippen LogP contribution in [0.25, 0.3) is 0 Å². The fraction of sp³-hybridized carbons (Fsp3) is 0.278. The van der Waals surface area contributed by atoms with E-state index in [9.17, 15) is 9.18 Å². The van der Waals surface area contributed by atoms with E-state index in [-0.39, 0.29) is 23.7 Å². The highest BCUT2D eigenvalue weighted by Crippen LogP contribution is 2.36. The van der Waals surface area contributed by atoms with E-state index in [0.717, 1.165) is 11.3 Å². The molecule has 0 saturated heterocycles. The van der Waals surface area contributed by atoms with Crippen LogP contribution in [0.15, 0.2) is 40.9 Å². The summed E-state index contributed by atoms with van der Waals surface area (Å²) in [7, 11) is 0. The molecule has 1 heterocycles. The molecule has 24 heavy (non-hydrogen) atoms. The first-order chi connectivity index (χ1) is 11.3. The van der Waals surface area contributed by atoms with Gasteiger partial charge in [0.15, 0.2) is 11.5 Å². The number of carbonyl (C=O) groups excluding carboxylic acids is 1. The number of hydrogen-bond acceptors (Lipinski definition) is 3. The molecule has 0 saturated carbocycles. The lowest BCUT2D eigenvalue weighted by Gasteiger charge is -2.26. The molecule has 0 spiro atoms. The first kappa shape index (κ1) is 16.8. The topological polar surface area (TPSA) is 47.6 Å². The lowest BCUT2D eigenvalue weighted by molar-refractivity contribution is 0.0945. The molecule has 0 aromatic heterocycles. The third kappa shape index (κ3) is 3.53. The average Bonchev–Trinajstić information content (AvgIpc) is 2.99. The minimum atomic E-state index is -0.454. The van der Waals surface area contributed by atoms with Crippen molar-refractivity contribution in [2.24, 2.45) is 0 Å². The highest BCUT2D eigenvalue weighted by atomic mass is 79.9. The number of nitrogens with one attached hydrogen (secondary N) is 1. The lowest BCUT2D eigenvalue weighted by Crippen LogP contribution is -2.36. The van der Waals surface area contributed by atoms with Crippen LogP contribution in [-0.4, -0.2) is 19.2 Å². The summed E-state index contributed by atoms with van der Waals surface area (Å²) >= 11 is 3.19. The second kappa shape index (κ2) is 6.43. The maximum Gasteiger partial charge on any atom is 0.251 e. The Hall–Kier alpha value is -2.08. The summed E-state index contributed by atoms with van der Waals surface area (Å²) in [5, 5.41) is 2.86. The van der Waals surface area contributed by atoms with Crippen LogP contribution in [0, 0.1) is 5.82 Å². The number of carbonyl (C=O) groups is 1. The minimum Gasteiger partial charge on any atom is -0.454 e. The van der Waals surface area contributed by atoms with Crippen LogP contribution in [0.5, 0.6) is 11.5 Å². The minimum absolute atomic E-state index is 0.227. The summed E-state index contributed by atoms with van der Waals surface area (Å²) in [5.41, 5.74) is 0.983. The summed E-state index contributed by atoms with van der Waals surface area (Å²) in [5.74, 6) is 0.665. The van der Waals surface area contributed by atoms with Gasteiger partial charge in [0, 0.05) is 22.0 Å². The molecule has 1 aliphatic rings. The molecule has 2 aromatic rings. The van der Waals surface area contributed by atoms with Crippen molar-refractivity contribution >= 4 is 21.8 Å². The summed E-state index contributed by atoms with van der Waals surface area (Å²) in [6.07, 6.45) is 0. The zero-order valence-electron chi connectivity index (χ0n) is 13.4. The van der Waals surface area contributed by atoms with Gasteiger partial charge in [-0.25, -0.2) is 4.39 Å². The third-order valence-corrected chi connectivity index (χ3v) is 4.43. The van der Waals surface area contributed by atoms with Crippen LogP contribution in [-0.2, 0) is 5.41 Å². The molecular weight excluding hydrogens is 377 g/mol.